The van der Waals surface area contributed by atoms with Gasteiger partial charge in [0.2, 0.25) is 15.9 Å². The molecule has 13 nitrogen and oxygen atoms in total. The average Bonchev–Trinajstić information content (AvgIpc) is 3.69. The molecule has 0 unspecified atom stereocenters. The first-order valence-corrected chi connectivity index (χ1v) is 16.6. The lowest BCUT2D eigenvalue weighted by atomic mass is 10.0. The zero-order chi connectivity index (χ0) is 31.5. The number of rotatable bonds is 8. The molecule has 2 fully saturated rings. The zero-order valence-electron chi connectivity index (χ0n) is 24.7. The first-order chi connectivity index (χ1) is 20.9. The second kappa shape index (κ2) is 11.1. The van der Waals surface area contributed by atoms with Crippen LogP contribution in [0.25, 0.3) is 10.4 Å². The van der Waals surface area contributed by atoms with Gasteiger partial charge in [-0.2, -0.15) is 0 Å². The van der Waals surface area contributed by atoms with Crippen LogP contribution in [0.15, 0.2) is 35.2 Å². The maximum absolute atomic E-state index is 13.5. The number of benzene rings is 1. The monoisotopic (exact) mass is 639 g/mol. The number of piperazine rings is 1. The molecule has 0 radical (unpaired) electrons. The normalized spacial score (nSPS) is 19.4. The van der Waals surface area contributed by atoms with Crippen molar-refractivity contribution in [1.82, 2.24) is 24.5 Å². The van der Waals surface area contributed by atoms with Crippen LogP contribution in [0.5, 0.6) is 0 Å². The first kappa shape index (κ1) is 30.0. The molecule has 3 amide bonds. The molecular weight excluding hydrogens is 606 g/mol. The Morgan fingerprint density at radius 1 is 1.16 bits per heavy atom. The summed E-state index contributed by atoms with van der Waals surface area (Å²) < 4.78 is 28.6. The average molecular weight is 640 g/mol. The molecule has 44 heavy (non-hydrogen) atoms. The molecule has 232 valence electrons. The van der Waals surface area contributed by atoms with Crippen LogP contribution < -0.4 is 14.9 Å². The molecule has 2 aliphatic heterocycles. The highest BCUT2D eigenvalue weighted by atomic mass is 32.2. The second-order valence-corrected chi connectivity index (χ2v) is 14.3. The Morgan fingerprint density at radius 2 is 1.91 bits per heavy atom. The predicted octanol–water partition coefficient (Wildman–Crippen LogP) is 3.63. The van der Waals surface area contributed by atoms with E-state index < -0.39 is 22.2 Å². The van der Waals surface area contributed by atoms with E-state index in [1.807, 2.05) is 19.9 Å². The quantitative estimate of drug-likeness (QED) is 0.334. The Kier molecular flexibility index (Phi) is 7.58. The number of aromatic nitrogens is 2. The summed E-state index contributed by atoms with van der Waals surface area (Å²) in [4.78, 5) is 51.9. The highest BCUT2D eigenvalue weighted by Crippen LogP contribution is 2.42. The highest BCUT2D eigenvalue weighted by Gasteiger charge is 2.41. The minimum Gasteiger partial charge on any atom is -0.465 e. The van der Waals surface area contributed by atoms with Gasteiger partial charge in [0.25, 0.3) is 5.91 Å². The molecule has 4 heterocycles. The van der Waals surface area contributed by atoms with Crippen LogP contribution in [0.2, 0.25) is 0 Å². The van der Waals surface area contributed by atoms with Gasteiger partial charge in [0.1, 0.15) is 18.2 Å². The summed E-state index contributed by atoms with van der Waals surface area (Å²) in [5.41, 5.74) is 2.21. The van der Waals surface area contributed by atoms with Gasteiger partial charge in [-0.25, -0.2) is 27.9 Å². The zero-order valence-corrected chi connectivity index (χ0v) is 26.3. The van der Waals surface area contributed by atoms with Crippen molar-refractivity contribution in [2.75, 3.05) is 30.4 Å². The fourth-order valence-corrected chi connectivity index (χ4v) is 7.91. The number of carboxylic acid groups (broad SMARTS) is 1. The van der Waals surface area contributed by atoms with Crippen LogP contribution >= 0.6 is 11.3 Å². The second-order valence-electron chi connectivity index (χ2n) is 11.4. The van der Waals surface area contributed by atoms with E-state index in [0.717, 1.165) is 22.6 Å². The summed E-state index contributed by atoms with van der Waals surface area (Å²) >= 11 is 1.32. The van der Waals surface area contributed by atoms with E-state index in [2.05, 4.69) is 20.0 Å². The lowest BCUT2D eigenvalue weighted by molar-refractivity contribution is -0.121. The van der Waals surface area contributed by atoms with E-state index in [0.29, 0.717) is 46.1 Å². The van der Waals surface area contributed by atoms with E-state index in [1.54, 1.807) is 36.1 Å². The summed E-state index contributed by atoms with van der Waals surface area (Å²) in [5.74, 6) is 0.645. The van der Waals surface area contributed by atoms with Crippen LogP contribution in [-0.4, -0.2) is 83.4 Å². The molecule has 2 aromatic heterocycles. The number of aryl methyl sites for hydroxylation is 1. The predicted molar refractivity (Wildman–Crippen MR) is 165 cm³/mol. The largest absolute Gasteiger partial charge is 0.465 e. The Hall–Kier alpha value is -4.08. The van der Waals surface area contributed by atoms with Crippen molar-refractivity contribution >= 4 is 56.0 Å². The third kappa shape index (κ3) is 5.39. The molecule has 2 atom stereocenters. The molecule has 1 saturated carbocycles. The summed E-state index contributed by atoms with van der Waals surface area (Å²) in [6, 6.07) is 8.23. The molecular formula is C29H33N7O6S2. The van der Waals surface area contributed by atoms with Gasteiger partial charge >= 0.3 is 6.09 Å². The van der Waals surface area contributed by atoms with Gasteiger partial charge in [-0.3, -0.25) is 19.4 Å². The molecule has 3 aliphatic rings. The van der Waals surface area contributed by atoms with E-state index in [-0.39, 0.29) is 41.4 Å². The number of fused-ring (bicyclic) bond motifs is 1. The number of pyridine rings is 1. The molecule has 3 aromatic rings. The number of nitrogens with one attached hydrogen (secondary N) is 2. The van der Waals surface area contributed by atoms with Crippen molar-refractivity contribution in [3.8, 4) is 10.4 Å². The van der Waals surface area contributed by atoms with E-state index in [4.69, 9.17) is 0 Å². The number of hydrogen-bond donors (Lipinski definition) is 3. The van der Waals surface area contributed by atoms with Crippen LogP contribution in [0.3, 0.4) is 0 Å². The van der Waals surface area contributed by atoms with Crippen LogP contribution in [0.1, 0.15) is 48.3 Å². The summed E-state index contributed by atoms with van der Waals surface area (Å²) in [5, 5.41) is 13.0. The van der Waals surface area contributed by atoms with Gasteiger partial charge in [0.15, 0.2) is 5.13 Å². The van der Waals surface area contributed by atoms with Gasteiger partial charge in [-0.1, -0.05) is 17.4 Å². The number of hydrogen-bond acceptors (Lipinski definition) is 9. The van der Waals surface area contributed by atoms with Crippen molar-refractivity contribution in [3.05, 3.63) is 47.2 Å². The van der Waals surface area contributed by atoms with Crippen molar-refractivity contribution in [2.24, 2.45) is 5.92 Å². The van der Waals surface area contributed by atoms with Gasteiger partial charge < -0.3 is 15.3 Å². The molecule has 6 rings (SSSR count). The van der Waals surface area contributed by atoms with Gasteiger partial charge in [0, 0.05) is 19.1 Å². The highest BCUT2D eigenvalue weighted by molar-refractivity contribution is 7.89. The first-order valence-electron chi connectivity index (χ1n) is 14.3. The molecule has 1 aromatic carbocycles. The fourth-order valence-electron chi connectivity index (χ4n) is 5.96. The number of sulfonamides is 1. The maximum Gasteiger partial charge on any atom is 0.407 e. The molecule has 3 N–H and O–H groups in total. The maximum atomic E-state index is 13.5. The number of carbonyl (C=O) groups excluding carboxylic acids is 2. The van der Waals surface area contributed by atoms with Gasteiger partial charge in [-0.15, -0.1) is 0 Å². The van der Waals surface area contributed by atoms with Crippen molar-refractivity contribution < 1.29 is 27.9 Å². The molecule has 0 spiro atoms. The van der Waals surface area contributed by atoms with E-state index in [1.165, 1.54) is 23.3 Å². The Balaban J connectivity index is 1.29. The van der Waals surface area contributed by atoms with E-state index >= 15 is 0 Å². The molecule has 1 aliphatic carbocycles. The van der Waals surface area contributed by atoms with Crippen LogP contribution in [0, 0.1) is 12.8 Å². The summed E-state index contributed by atoms with van der Waals surface area (Å²) in [6.45, 7) is 5.89. The summed E-state index contributed by atoms with van der Waals surface area (Å²) in [7, 11) is -2.60. The third-order valence-electron chi connectivity index (χ3n) is 8.42. The number of nitrogens with zero attached hydrogens (tertiary/aromatic N) is 5. The standard InChI is InChI=1S/C29H33N7O6S2/c1-15-12-34(29(39)40)14-24(37)36(15)23-7-5-6-22(32-23)33-28-31-16(2)26(43-28)19-10-20-13-35(17(3)18-8-9-18)27(38)25(20)21(11-19)44(41,42)30-4/h5-7,10-11,15,17-18,30H,8-9,12-14H2,1-4H3,(H,39,40)(H,31,32,33)/t15-,17-/m0/s1. The lowest BCUT2D eigenvalue weighted by Gasteiger charge is -2.37. The molecule has 1 saturated heterocycles. The van der Waals surface area contributed by atoms with Gasteiger partial charge in [0.05, 0.1) is 27.1 Å². The molecule has 15 heteroatoms. The van der Waals surface area contributed by atoms with Crippen LogP contribution in [0.4, 0.5) is 21.6 Å². The van der Waals surface area contributed by atoms with Crippen LogP contribution in [-0.2, 0) is 21.4 Å². The van der Waals surface area contributed by atoms with Gasteiger partial charge in [-0.05, 0) is 82.0 Å². The van der Waals surface area contributed by atoms with Crippen molar-refractivity contribution in [2.45, 2.75) is 57.1 Å². The summed E-state index contributed by atoms with van der Waals surface area (Å²) in [6.07, 6.45) is 0.996. The minimum atomic E-state index is -3.93. The minimum absolute atomic E-state index is 0.0343. The fraction of sp³-hybridized carbons (Fsp3) is 0.414. The number of amides is 3. The van der Waals surface area contributed by atoms with E-state index in [9.17, 15) is 27.9 Å². The smallest absolute Gasteiger partial charge is 0.407 e. The van der Waals surface area contributed by atoms with Crippen molar-refractivity contribution in [3.63, 3.8) is 0 Å². The number of carbonyl (C=O) groups is 3. The Bertz CT molecular complexity index is 1790. The molecule has 0 bridgehead atoms. The SMILES string of the molecule is CNS(=O)(=O)c1cc(-c2sc(Nc3cccc(N4C(=O)CN(C(=O)O)C[C@@H]4C)n3)nc2C)cc2c1C(=O)N([C@@H](C)C1CC1)C2. The lowest BCUT2D eigenvalue weighted by Crippen LogP contribution is -2.57. The third-order valence-corrected chi connectivity index (χ3v) is 11.0. The Labute approximate surface area is 259 Å². The Morgan fingerprint density at radius 3 is 2.57 bits per heavy atom. The number of thiazole rings is 1. The topological polar surface area (TPSA) is 165 Å². The van der Waals surface area contributed by atoms with Crippen molar-refractivity contribution in [1.29, 1.82) is 0 Å². The number of anilines is 3.